The summed E-state index contributed by atoms with van der Waals surface area (Å²) in [6.45, 7) is 9.46. The molecule has 0 atom stereocenters. The standard InChI is InChI=1S/C7H18P2.ClH.Ni/c1-8(2)6-5-7-9(3)4;;/h5-7H2,1-4H3;1H;. The van der Waals surface area contributed by atoms with E-state index in [1.54, 1.807) is 0 Å². The van der Waals surface area contributed by atoms with Crippen LogP contribution in [0.3, 0.4) is 0 Å². The molecule has 0 fully saturated rings. The Balaban J connectivity index is -0.000000320. The van der Waals surface area contributed by atoms with E-state index in [4.69, 9.17) is 0 Å². The number of hydrogen-bond donors (Lipinski definition) is 0. The molecule has 0 amide bonds. The summed E-state index contributed by atoms with van der Waals surface area (Å²) < 4.78 is 0. The van der Waals surface area contributed by atoms with Crippen molar-refractivity contribution in [1.29, 1.82) is 0 Å². The van der Waals surface area contributed by atoms with Crippen LogP contribution in [0.1, 0.15) is 6.42 Å². The molecule has 0 unspecified atom stereocenters. The van der Waals surface area contributed by atoms with Crippen molar-refractivity contribution in [2.75, 3.05) is 39.0 Å². The molecule has 0 N–H and O–H groups in total. The summed E-state index contributed by atoms with van der Waals surface area (Å²) in [7, 11) is 0.758. The van der Waals surface area contributed by atoms with Crippen molar-refractivity contribution in [2.45, 2.75) is 6.42 Å². The first kappa shape index (κ1) is 18.4. The molecule has 0 aliphatic carbocycles. The summed E-state index contributed by atoms with van der Waals surface area (Å²) in [6, 6.07) is 0. The van der Waals surface area contributed by atoms with Crippen molar-refractivity contribution in [3.63, 3.8) is 0 Å². The normalized spacial score (nSPS) is 9.27. The average Bonchev–Trinajstić information content (AvgIpc) is 1.63. The Labute approximate surface area is 90.1 Å². The van der Waals surface area contributed by atoms with Crippen LogP contribution in [0.4, 0.5) is 0 Å². The van der Waals surface area contributed by atoms with Crippen molar-refractivity contribution < 1.29 is 16.5 Å². The van der Waals surface area contributed by atoms with Gasteiger partial charge in [-0.25, -0.2) is 0 Å². The maximum Gasteiger partial charge on any atom is 0 e. The SMILES string of the molecule is CP(C)CCCP(C)C.Cl.[Ni]. The van der Waals surface area contributed by atoms with E-state index in [2.05, 4.69) is 26.7 Å². The summed E-state index contributed by atoms with van der Waals surface area (Å²) >= 11 is 0. The van der Waals surface area contributed by atoms with Crippen molar-refractivity contribution in [3.05, 3.63) is 0 Å². The van der Waals surface area contributed by atoms with Gasteiger partial charge < -0.3 is 0 Å². The van der Waals surface area contributed by atoms with Gasteiger partial charge in [0, 0.05) is 16.5 Å². The summed E-state index contributed by atoms with van der Waals surface area (Å²) in [5.74, 6) is 0. The molecule has 0 saturated heterocycles. The van der Waals surface area contributed by atoms with Crippen molar-refractivity contribution in [3.8, 4) is 0 Å². The third kappa shape index (κ3) is 18.5. The minimum absolute atomic E-state index is 0. The van der Waals surface area contributed by atoms with Crippen LogP contribution in [0, 0.1) is 0 Å². The smallest absolute Gasteiger partial charge is 0 e. The Morgan fingerprint density at radius 1 is 0.818 bits per heavy atom. The van der Waals surface area contributed by atoms with Crippen LogP contribution in [0.5, 0.6) is 0 Å². The van der Waals surface area contributed by atoms with E-state index in [1.807, 2.05) is 0 Å². The number of rotatable bonds is 4. The first-order valence-electron chi connectivity index (χ1n) is 3.42. The predicted octanol–water partition coefficient (Wildman–Crippen LogP) is 3.28. The van der Waals surface area contributed by atoms with Crippen LogP contribution in [0.2, 0.25) is 0 Å². The molecule has 4 heteroatoms. The van der Waals surface area contributed by atoms with Gasteiger partial charge >= 0.3 is 0 Å². The molecule has 0 saturated carbocycles. The Hall–Kier alpha value is 1.64. The summed E-state index contributed by atoms with van der Waals surface area (Å²) in [6.07, 6.45) is 4.43. The van der Waals surface area contributed by atoms with Crippen molar-refractivity contribution in [2.24, 2.45) is 0 Å². The summed E-state index contributed by atoms with van der Waals surface area (Å²) in [5.41, 5.74) is 0. The van der Waals surface area contributed by atoms with Gasteiger partial charge in [0.2, 0.25) is 0 Å². The third-order valence-electron chi connectivity index (χ3n) is 1.21. The first-order chi connectivity index (χ1) is 4.13. The number of hydrogen-bond acceptors (Lipinski definition) is 0. The van der Waals surface area contributed by atoms with Gasteiger partial charge in [0.1, 0.15) is 0 Å². The van der Waals surface area contributed by atoms with E-state index in [1.165, 1.54) is 18.7 Å². The second-order valence-electron chi connectivity index (χ2n) is 2.96. The zero-order valence-electron chi connectivity index (χ0n) is 7.74. The van der Waals surface area contributed by atoms with Gasteiger partial charge in [-0.2, -0.15) is 0 Å². The zero-order valence-corrected chi connectivity index (χ0v) is 11.3. The second kappa shape index (κ2) is 11.6. The molecule has 0 nitrogen and oxygen atoms in total. The fourth-order valence-corrected chi connectivity index (χ4v) is 2.53. The van der Waals surface area contributed by atoms with E-state index >= 15 is 0 Å². The molecule has 0 aromatic carbocycles. The molecular formula is C7H19ClNiP2. The molecule has 0 spiro atoms. The van der Waals surface area contributed by atoms with Gasteiger partial charge in [-0.3, -0.25) is 0 Å². The fraction of sp³-hybridized carbons (Fsp3) is 1.00. The van der Waals surface area contributed by atoms with E-state index in [9.17, 15) is 0 Å². The molecule has 74 valence electrons. The van der Waals surface area contributed by atoms with E-state index in [0.29, 0.717) is 15.8 Å². The van der Waals surface area contributed by atoms with E-state index in [-0.39, 0.29) is 28.9 Å². The molecular weight excluding hydrogens is 240 g/mol. The fourth-order valence-electron chi connectivity index (χ4n) is 0.703. The average molecular weight is 259 g/mol. The largest absolute Gasteiger partial charge is 0.147 e. The Morgan fingerprint density at radius 2 is 1.09 bits per heavy atom. The van der Waals surface area contributed by atoms with Crippen LogP contribution in [0.15, 0.2) is 0 Å². The van der Waals surface area contributed by atoms with Crippen LogP contribution in [-0.2, 0) is 16.5 Å². The predicted molar refractivity (Wildman–Crippen MR) is 59.1 cm³/mol. The molecule has 0 aromatic heterocycles. The minimum atomic E-state index is 0. The topological polar surface area (TPSA) is 0 Å². The maximum absolute atomic E-state index is 2.36. The minimum Gasteiger partial charge on any atom is -0.147 e. The second-order valence-corrected chi connectivity index (χ2v) is 8.17. The van der Waals surface area contributed by atoms with Crippen molar-refractivity contribution in [1.82, 2.24) is 0 Å². The van der Waals surface area contributed by atoms with Crippen LogP contribution >= 0.6 is 28.3 Å². The van der Waals surface area contributed by atoms with Crippen LogP contribution in [0.25, 0.3) is 0 Å². The maximum atomic E-state index is 2.36. The molecule has 0 radical (unpaired) electrons. The third-order valence-corrected chi connectivity index (χ3v) is 3.63. The molecule has 0 aliphatic heterocycles. The molecule has 11 heavy (non-hydrogen) atoms. The van der Waals surface area contributed by atoms with Gasteiger partial charge in [-0.1, -0.05) is 0 Å². The summed E-state index contributed by atoms with van der Waals surface area (Å²) in [5, 5.41) is 0. The Bertz CT molecular complexity index is 61.5. The monoisotopic (exact) mass is 258 g/mol. The summed E-state index contributed by atoms with van der Waals surface area (Å²) in [4.78, 5) is 0. The Morgan fingerprint density at radius 3 is 1.27 bits per heavy atom. The molecule has 0 heterocycles. The van der Waals surface area contributed by atoms with Crippen LogP contribution in [-0.4, -0.2) is 39.0 Å². The molecule has 0 bridgehead atoms. The van der Waals surface area contributed by atoms with Gasteiger partial charge in [0.25, 0.3) is 0 Å². The van der Waals surface area contributed by atoms with Gasteiger partial charge in [0.05, 0.1) is 0 Å². The molecule has 0 aromatic rings. The van der Waals surface area contributed by atoms with Crippen molar-refractivity contribution >= 4 is 28.3 Å². The molecule has 0 rings (SSSR count). The zero-order chi connectivity index (χ0) is 7.28. The van der Waals surface area contributed by atoms with Gasteiger partial charge in [0.15, 0.2) is 0 Å². The van der Waals surface area contributed by atoms with Gasteiger partial charge in [-0.15, -0.1) is 28.3 Å². The number of halogens is 1. The van der Waals surface area contributed by atoms with E-state index < -0.39 is 0 Å². The van der Waals surface area contributed by atoms with E-state index in [0.717, 1.165) is 0 Å². The Kier molecular flexibility index (Phi) is 19.5. The van der Waals surface area contributed by atoms with Gasteiger partial charge in [-0.05, 0) is 45.4 Å². The molecule has 0 aliphatic rings. The van der Waals surface area contributed by atoms with Crippen LogP contribution < -0.4 is 0 Å². The quantitative estimate of drug-likeness (QED) is 0.537. The first-order valence-corrected chi connectivity index (χ1v) is 8.26.